The number of nitrogens with one attached hydrogen (secondary N) is 1. The van der Waals surface area contributed by atoms with Crippen molar-refractivity contribution in [2.24, 2.45) is 0 Å². The lowest BCUT2D eigenvalue weighted by molar-refractivity contribution is -0.123. The molecule has 2 aromatic rings. The lowest BCUT2D eigenvalue weighted by atomic mass is 10.1. The average molecular weight is 383 g/mol. The van der Waals surface area contributed by atoms with Gasteiger partial charge in [-0.05, 0) is 56.0 Å². The number of carbonyl (C=O) groups excluding carboxylic acids is 2. The highest BCUT2D eigenvalue weighted by Gasteiger charge is 2.05. The summed E-state index contributed by atoms with van der Waals surface area (Å²) in [5.74, 6) is 0.633. The van der Waals surface area contributed by atoms with Gasteiger partial charge < -0.3 is 19.6 Å². The minimum atomic E-state index is -0.176. The van der Waals surface area contributed by atoms with Crippen LogP contribution in [0.4, 0.5) is 0 Å². The smallest absolute Gasteiger partial charge is 0.258 e. The normalized spacial score (nSPS) is 10.7. The molecule has 0 aliphatic rings. The lowest BCUT2D eigenvalue weighted by Gasteiger charge is -2.10. The summed E-state index contributed by atoms with van der Waals surface area (Å²) in [5.41, 5.74) is 3.18. The van der Waals surface area contributed by atoms with Gasteiger partial charge in [0.1, 0.15) is 11.5 Å². The second-order valence-corrected chi connectivity index (χ2v) is 7.09. The van der Waals surface area contributed by atoms with Crippen LogP contribution in [0.25, 0.3) is 0 Å². The molecule has 150 valence electrons. The summed E-state index contributed by atoms with van der Waals surface area (Å²) >= 11 is 0. The van der Waals surface area contributed by atoms with Crippen LogP contribution in [0.5, 0.6) is 5.75 Å². The number of carbonyl (C=O) groups is 2. The number of hydrogen-bond acceptors (Lipinski definition) is 4. The van der Waals surface area contributed by atoms with Crippen LogP contribution in [0.2, 0.25) is 0 Å². The van der Waals surface area contributed by atoms with E-state index in [0.717, 1.165) is 23.1 Å². The first-order chi connectivity index (χ1) is 13.4. The van der Waals surface area contributed by atoms with E-state index in [-0.39, 0.29) is 24.4 Å². The maximum atomic E-state index is 12.0. The third-order valence-corrected chi connectivity index (χ3v) is 4.12. The molecule has 1 N–H and O–H groups in total. The fourth-order valence-electron chi connectivity index (χ4n) is 2.57. The van der Waals surface area contributed by atoms with E-state index in [1.165, 1.54) is 0 Å². The van der Waals surface area contributed by atoms with Crippen molar-refractivity contribution in [1.82, 2.24) is 5.32 Å². The molecular formula is C23H29NO4. The molecule has 0 aliphatic heterocycles. The Morgan fingerprint density at radius 3 is 2.39 bits per heavy atom. The van der Waals surface area contributed by atoms with Crippen molar-refractivity contribution >= 4 is 11.7 Å². The largest absolute Gasteiger partial charge is 0.484 e. The van der Waals surface area contributed by atoms with Gasteiger partial charge in [0.05, 0.1) is 12.7 Å². The van der Waals surface area contributed by atoms with Crippen molar-refractivity contribution in [3.05, 3.63) is 65.2 Å². The first-order valence-electron chi connectivity index (χ1n) is 9.59. The Morgan fingerprint density at radius 2 is 1.71 bits per heavy atom. The van der Waals surface area contributed by atoms with Crippen LogP contribution in [0.15, 0.2) is 48.5 Å². The summed E-state index contributed by atoms with van der Waals surface area (Å²) < 4.78 is 11.1. The molecule has 5 heteroatoms. The number of rotatable bonds is 11. The van der Waals surface area contributed by atoms with Crippen molar-refractivity contribution < 1.29 is 19.1 Å². The molecule has 0 spiro atoms. The highest BCUT2D eigenvalue weighted by atomic mass is 16.5. The van der Waals surface area contributed by atoms with Gasteiger partial charge in [0.25, 0.3) is 5.91 Å². The van der Waals surface area contributed by atoms with Crippen LogP contribution in [0.3, 0.4) is 0 Å². The molecule has 0 heterocycles. The zero-order valence-electron chi connectivity index (χ0n) is 16.9. The second-order valence-electron chi connectivity index (χ2n) is 7.09. The summed E-state index contributed by atoms with van der Waals surface area (Å²) in [7, 11) is 0. The van der Waals surface area contributed by atoms with Gasteiger partial charge in [-0.1, -0.05) is 36.4 Å². The Hall–Kier alpha value is -2.66. The molecule has 0 unspecified atom stereocenters. The van der Waals surface area contributed by atoms with Gasteiger partial charge in [0.2, 0.25) is 0 Å². The molecule has 0 aliphatic carbocycles. The van der Waals surface area contributed by atoms with Crippen LogP contribution >= 0.6 is 0 Å². The molecule has 2 aromatic carbocycles. The number of amides is 1. The Balaban J connectivity index is 1.74. The van der Waals surface area contributed by atoms with Crippen molar-refractivity contribution in [2.75, 3.05) is 6.61 Å². The van der Waals surface area contributed by atoms with Crippen LogP contribution in [0, 0.1) is 0 Å². The maximum Gasteiger partial charge on any atom is 0.258 e. The van der Waals surface area contributed by atoms with Gasteiger partial charge in [-0.2, -0.15) is 0 Å². The fraction of sp³-hybridized carbons (Fsp3) is 0.391. The molecule has 2 rings (SSSR count). The fourth-order valence-corrected chi connectivity index (χ4v) is 2.57. The van der Waals surface area contributed by atoms with E-state index in [4.69, 9.17) is 9.47 Å². The number of benzene rings is 2. The van der Waals surface area contributed by atoms with Crippen LogP contribution in [-0.4, -0.2) is 24.4 Å². The Labute approximate surface area is 167 Å². The van der Waals surface area contributed by atoms with Gasteiger partial charge >= 0.3 is 0 Å². The molecule has 0 bridgehead atoms. The summed E-state index contributed by atoms with van der Waals surface area (Å²) in [6.07, 6.45) is 1.44. The molecule has 0 radical (unpaired) electrons. The Bertz CT molecular complexity index is 768. The Kier molecular flexibility index (Phi) is 8.69. The minimum absolute atomic E-state index is 0.0387. The molecule has 0 saturated heterocycles. The highest BCUT2D eigenvalue weighted by Crippen LogP contribution is 2.13. The first-order valence-corrected chi connectivity index (χ1v) is 9.59. The summed E-state index contributed by atoms with van der Waals surface area (Å²) in [5, 5.41) is 2.86. The third kappa shape index (κ3) is 8.35. The van der Waals surface area contributed by atoms with E-state index in [9.17, 15) is 9.59 Å². The zero-order chi connectivity index (χ0) is 20.4. The first kappa shape index (κ1) is 21.6. The average Bonchev–Trinajstić information content (AvgIpc) is 2.68. The second kappa shape index (κ2) is 11.2. The maximum absolute atomic E-state index is 12.0. The minimum Gasteiger partial charge on any atom is -0.484 e. The zero-order valence-corrected chi connectivity index (χ0v) is 16.9. The molecule has 0 fully saturated rings. The summed E-state index contributed by atoms with van der Waals surface area (Å²) in [6.45, 7) is 6.56. The molecule has 0 atom stereocenters. The monoisotopic (exact) mass is 383 g/mol. The number of Topliss-reactive ketones (excluding diaryl/α,β-unsaturated/α-hetero) is 1. The molecule has 5 nitrogen and oxygen atoms in total. The van der Waals surface area contributed by atoms with Crippen LogP contribution < -0.4 is 10.1 Å². The van der Waals surface area contributed by atoms with E-state index < -0.39 is 0 Å². The molecule has 0 aromatic heterocycles. The quantitative estimate of drug-likeness (QED) is 0.640. The van der Waals surface area contributed by atoms with Crippen molar-refractivity contribution in [2.45, 2.75) is 52.9 Å². The predicted molar refractivity (Wildman–Crippen MR) is 109 cm³/mol. The number of aryl methyl sites for hydroxylation is 1. The SMILES string of the molecule is CC(=O)CCc1ccc(OCC(=O)NCc2cccc(COC(C)C)c2)cc1. The van der Waals surface area contributed by atoms with Gasteiger partial charge in [-0.3, -0.25) is 4.79 Å². The molecule has 28 heavy (non-hydrogen) atoms. The Morgan fingerprint density at radius 1 is 1.00 bits per heavy atom. The summed E-state index contributed by atoms with van der Waals surface area (Å²) in [4.78, 5) is 23.1. The van der Waals surface area contributed by atoms with E-state index in [1.807, 2.05) is 62.4 Å². The number of ether oxygens (including phenoxy) is 2. The van der Waals surface area contributed by atoms with E-state index in [0.29, 0.717) is 25.3 Å². The standard InChI is InChI=1S/C23H29NO4/c1-17(2)27-15-21-6-4-5-20(13-21)14-24-23(26)16-28-22-11-9-19(10-12-22)8-7-18(3)25/h4-6,9-13,17H,7-8,14-16H2,1-3H3,(H,24,26). The van der Waals surface area contributed by atoms with Gasteiger partial charge in [-0.25, -0.2) is 0 Å². The van der Waals surface area contributed by atoms with Gasteiger partial charge in [0, 0.05) is 13.0 Å². The number of hydrogen-bond donors (Lipinski definition) is 1. The molecule has 0 saturated carbocycles. The van der Waals surface area contributed by atoms with Crippen molar-refractivity contribution in [1.29, 1.82) is 0 Å². The number of ketones is 1. The van der Waals surface area contributed by atoms with Crippen LogP contribution in [0.1, 0.15) is 43.9 Å². The molecular weight excluding hydrogens is 354 g/mol. The molecule has 1 amide bonds. The van der Waals surface area contributed by atoms with Gasteiger partial charge in [0.15, 0.2) is 6.61 Å². The van der Waals surface area contributed by atoms with Crippen LogP contribution in [-0.2, 0) is 33.9 Å². The van der Waals surface area contributed by atoms with Crippen molar-refractivity contribution in [3.63, 3.8) is 0 Å². The van der Waals surface area contributed by atoms with E-state index in [1.54, 1.807) is 6.92 Å². The summed E-state index contributed by atoms with van der Waals surface area (Å²) in [6, 6.07) is 15.5. The van der Waals surface area contributed by atoms with Crippen molar-refractivity contribution in [3.8, 4) is 5.75 Å². The van der Waals surface area contributed by atoms with Gasteiger partial charge in [-0.15, -0.1) is 0 Å². The van der Waals surface area contributed by atoms with E-state index >= 15 is 0 Å². The highest BCUT2D eigenvalue weighted by molar-refractivity contribution is 5.77. The topological polar surface area (TPSA) is 64.6 Å². The lowest BCUT2D eigenvalue weighted by Crippen LogP contribution is -2.28. The van der Waals surface area contributed by atoms with E-state index in [2.05, 4.69) is 5.32 Å². The predicted octanol–water partition coefficient (Wildman–Crippen LogP) is 3.83. The third-order valence-electron chi connectivity index (χ3n) is 4.12.